The summed E-state index contributed by atoms with van der Waals surface area (Å²) in [4.78, 5) is 32.2. The van der Waals surface area contributed by atoms with E-state index in [2.05, 4.69) is 0 Å². The molecular formula is C9H12O5. The van der Waals surface area contributed by atoms with E-state index in [9.17, 15) is 14.4 Å². The second-order valence-corrected chi connectivity index (χ2v) is 4.17. The molecule has 2 N–H and O–H groups in total. The maximum Gasteiger partial charge on any atom is 0.372 e. The molecule has 5 heteroatoms. The van der Waals surface area contributed by atoms with E-state index in [1.807, 2.05) is 0 Å². The normalized spacial score (nSPS) is 29.0. The first-order valence-electron chi connectivity index (χ1n) is 4.28. The molecule has 0 bridgehead atoms. The van der Waals surface area contributed by atoms with Gasteiger partial charge in [0, 0.05) is 5.92 Å². The third-order valence-electron chi connectivity index (χ3n) is 3.09. The average molecular weight is 200 g/mol. The van der Waals surface area contributed by atoms with Crippen molar-refractivity contribution >= 4 is 17.7 Å². The number of carboxylic acid groups (broad SMARTS) is 2. The number of hydrogen-bond donors (Lipinski definition) is 2. The van der Waals surface area contributed by atoms with Gasteiger partial charge in [0.1, 0.15) is 0 Å². The van der Waals surface area contributed by atoms with Crippen molar-refractivity contribution < 1.29 is 24.6 Å². The van der Waals surface area contributed by atoms with E-state index in [0.717, 1.165) is 0 Å². The predicted octanol–water partition coefficient (Wildman–Crippen LogP) is 0.387. The van der Waals surface area contributed by atoms with Gasteiger partial charge in [0.25, 0.3) is 0 Å². The Bertz CT molecular complexity index is 304. The summed E-state index contributed by atoms with van der Waals surface area (Å²) < 4.78 is 0. The number of aliphatic carboxylic acids is 2. The Kier molecular flexibility index (Phi) is 2.35. The topological polar surface area (TPSA) is 91.7 Å². The molecule has 1 rings (SSSR count). The molecule has 2 atom stereocenters. The monoisotopic (exact) mass is 200 g/mol. The first-order chi connectivity index (χ1) is 6.28. The number of carbonyl (C=O) groups excluding carboxylic acids is 1. The zero-order valence-corrected chi connectivity index (χ0v) is 7.98. The van der Waals surface area contributed by atoms with Crippen LogP contribution in [-0.2, 0) is 14.4 Å². The summed E-state index contributed by atoms with van der Waals surface area (Å²) in [7, 11) is 0. The minimum atomic E-state index is -1.48. The van der Waals surface area contributed by atoms with Crippen LogP contribution in [0, 0.1) is 17.3 Å². The van der Waals surface area contributed by atoms with Crippen LogP contribution in [0.4, 0.5) is 0 Å². The molecule has 14 heavy (non-hydrogen) atoms. The van der Waals surface area contributed by atoms with Gasteiger partial charge >= 0.3 is 11.9 Å². The fraction of sp³-hybridized carbons (Fsp3) is 0.667. The molecule has 0 aromatic carbocycles. The van der Waals surface area contributed by atoms with Crippen molar-refractivity contribution in [1.29, 1.82) is 0 Å². The molecule has 1 saturated carbocycles. The first-order valence-corrected chi connectivity index (χ1v) is 4.28. The van der Waals surface area contributed by atoms with E-state index in [4.69, 9.17) is 10.2 Å². The SMILES string of the molecule is CC1(C)C(C(=O)O)CC1C(=O)C(=O)O. The number of ketones is 1. The number of hydrogen-bond acceptors (Lipinski definition) is 3. The molecule has 0 saturated heterocycles. The second kappa shape index (κ2) is 3.08. The van der Waals surface area contributed by atoms with Crippen molar-refractivity contribution in [3.05, 3.63) is 0 Å². The van der Waals surface area contributed by atoms with E-state index in [1.54, 1.807) is 13.8 Å². The van der Waals surface area contributed by atoms with Crippen LogP contribution < -0.4 is 0 Å². The zero-order valence-electron chi connectivity index (χ0n) is 7.98. The van der Waals surface area contributed by atoms with Gasteiger partial charge in [0.05, 0.1) is 5.92 Å². The molecule has 1 aliphatic carbocycles. The molecule has 0 aromatic heterocycles. The van der Waals surface area contributed by atoms with Crippen LogP contribution in [-0.4, -0.2) is 27.9 Å². The van der Waals surface area contributed by atoms with Crippen LogP contribution in [0.2, 0.25) is 0 Å². The van der Waals surface area contributed by atoms with Gasteiger partial charge < -0.3 is 10.2 Å². The van der Waals surface area contributed by atoms with Crippen molar-refractivity contribution in [2.24, 2.45) is 17.3 Å². The zero-order chi connectivity index (χ0) is 11.1. The molecule has 5 nitrogen and oxygen atoms in total. The van der Waals surface area contributed by atoms with E-state index in [-0.39, 0.29) is 6.42 Å². The van der Waals surface area contributed by atoms with Gasteiger partial charge in [-0.3, -0.25) is 9.59 Å². The van der Waals surface area contributed by atoms with Crippen molar-refractivity contribution in [1.82, 2.24) is 0 Å². The summed E-state index contributed by atoms with van der Waals surface area (Å²) in [5.74, 6) is -4.61. The van der Waals surface area contributed by atoms with Gasteiger partial charge in [-0.1, -0.05) is 13.8 Å². The second-order valence-electron chi connectivity index (χ2n) is 4.17. The highest BCUT2D eigenvalue weighted by molar-refractivity contribution is 6.34. The Hall–Kier alpha value is -1.39. The number of carboxylic acids is 2. The molecule has 78 valence electrons. The van der Waals surface area contributed by atoms with Crippen molar-refractivity contribution in [3.8, 4) is 0 Å². The smallest absolute Gasteiger partial charge is 0.372 e. The quantitative estimate of drug-likeness (QED) is 0.643. The summed E-state index contributed by atoms with van der Waals surface area (Å²) in [6.45, 7) is 3.22. The van der Waals surface area contributed by atoms with Crippen LogP contribution in [0.1, 0.15) is 20.3 Å². The summed E-state index contributed by atoms with van der Waals surface area (Å²) in [5, 5.41) is 17.2. The lowest BCUT2D eigenvalue weighted by Gasteiger charge is -2.48. The molecule has 0 heterocycles. The maximum absolute atomic E-state index is 11.1. The lowest BCUT2D eigenvalue weighted by atomic mass is 9.53. The van der Waals surface area contributed by atoms with Gasteiger partial charge in [-0.25, -0.2) is 4.79 Å². The molecule has 1 aliphatic rings. The Morgan fingerprint density at radius 2 is 1.64 bits per heavy atom. The van der Waals surface area contributed by atoms with Crippen LogP contribution in [0.15, 0.2) is 0 Å². The lowest BCUT2D eigenvalue weighted by molar-refractivity contribution is -0.169. The summed E-state index contributed by atoms with van der Waals surface area (Å²) in [5.41, 5.74) is -0.749. The molecule has 0 aliphatic heterocycles. The minimum Gasteiger partial charge on any atom is -0.481 e. The Labute approximate surface area is 80.7 Å². The first kappa shape index (κ1) is 10.7. The van der Waals surface area contributed by atoms with Crippen LogP contribution in [0.3, 0.4) is 0 Å². The van der Waals surface area contributed by atoms with Gasteiger partial charge in [0.15, 0.2) is 0 Å². The predicted molar refractivity (Wildman–Crippen MR) is 45.7 cm³/mol. The Morgan fingerprint density at radius 3 is 1.93 bits per heavy atom. The maximum atomic E-state index is 11.1. The van der Waals surface area contributed by atoms with Gasteiger partial charge in [-0.05, 0) is 11.8 Å². The molecule has 0 radical (unpaired) electrons. The molecule has 1 fully saturated rings. The molecule has 0 aromatic rings. The Balaban J connectivity index is 2.77. The Morgan fingerprint density at radius 1 is 1.14 bits per heavy atom. The van der Waals surface area contributed by atoms with E-state index >= 15 is 0 Å². The van der Waals surface area contributed by atoms with Crippen LogP contribution >= 0.6 is 0 Å². The highest BCUT2D eigenvalue weighted by Gasteiger charge is 2.56. The van der Waals surface area contributed by atoms with Crippen LogP contribution in [0.5, 0.6) is 0 Å². The van der Waals surface area contributed by atoms with Crippen molar-refractivity contribution in [3.63, 3.8) is 0 Å². The standard InChI is InChI=1S/C9H12O5/c1-9(2)4(6(10)8(13)14)3-5(9)7(11)12/h4-5H,3H2,1-2H3,(H,11,12)(H,13,14). The molecule has 0 amide bonds. The summed E-state index contributed by atoms with van der Waals surface area (Å²) >= 11 is 0. The fourth-order valence-corrected chi connectivity index (χ4v) is 1.94. The number of carbonyl (C=O) groups is 3. The van der Waals surface area contributed by atoms with Crippen LogP contribution in [0.25, 0.3) is 0 Å². The molecule has 2 unspecified atom stereocenters. The molecular weight excluding hydrogens is 188 g/mol. The highest BCUT2D eigenvalue weighted by Crippen LogP contribution is 2.51. The fourth-order valence-electron chi connectivity index (χ4n) is 1.94. The number of Topliss-reactive ketones (excluding diaryl/α,β-unsaturated/α-hetero) is 1. The van der Waals surface area contributed by atoms with Crippen molar-refractivity contribution in [2.75, 3.05) is 0 Å². The van der Waals surface area contributed by atoms with Crippen molar-refractivity contribution in [2.45, 2.75) is 20.3 Å². The summed E-state index contributed by atoms with van der Waals surface area (Å²) in [6.07, 6.45) is 0.132. The third kappa shape index (κ3) is 1.38. The van der Waals surface area contributed by atoms with Gasteiger partial charge in [-0.15, -0.1) is 0 Å². The average Bonchev–Trinajstić information content (AvgIpc) is 2.01. The third-order valence-corrected chi connectivity index (χ3v) is 3.09. The van der Waals surface area contributed by atoms with E-state index in [1.165, 1.54) is 0 Å². The van der Waals surface area contributed by atoms with E-state index in [0.29, 0.717) is 0 Å². The largest absolute Gasteiger partial charge is 0.481 e. The van der Waals surface area contributed by atoms with Gasteiger partial charge in [0.2, 0.25) is 5.78 Å². The van der Waals surface area contributed by atoms with E-state index < -0.39 is 35.0 Å². The highest BCUT2D eigenvalue weighted by atomic mass is 16.4. The lowest BCUT2D eigenvalue weighted by Crippen LogP contribution is -2.53. The molecule has 0 spiro atoms. The van der Waals surface area contributed by atoms with Gasteiger partial charge in [-0.2, -0.15) is 0 Å². The minimum absolute atomic E-state index is 0.132. The summed E-state index contributed by atoms with van der Waals surface area (Å²) in [6, 6.07) is 0. The number of rotatable bonds is 3.